The van der Waals surface area contributed by atoms with Crippen LogP contribution < -0.4 is 0 Å². The minimum atomic E-state index is -3.66. The number of aromatic nitrogens is 2. The van der Waals surface area contributed by atoms with Crippen molar-refractivity contribution in [2.45, 2.75) is 43.4 Å². The number of aliphatic hydroxyl groups excluding tert-OH is 1. The number of aryl methyl sites for hydroxylation is 2. The van der Waals surface area contributed by atoms with Crippen LogP contribution in [0.5, 0.6) is 0 Å². The van der Waals surface area contributed by atoms with Crippen molar-refractivity contribution >= 4 is 10.0 Å². The molecule has 8 heteroatoms. The van der Waals surface area contributed by atoms with Gasteiger partial charge < -0.3 is 14.4 Å². The summed E-state index contributed by atoms with van der Waals surface area (Å²) in [5.74, 6) is 0.601. The predicted molar refractivity (Wildman–Crippen MR) is 79.8 cm³/mol. The van der Waals surface area contributed by atoms with Gasteiger partial charge in [-0.1, -0.05) is 6.42 Å². The van der Waals surface area contributed by atoms with Crippen molar-refractivity contribution in [1.82, 2.24) is 13.9 Å². The first-order chi connectivity index (χ1) is 10.4. The number of hydrogen-bond donors (Lipinski definition) is 1. The third-order valence-corrected chi connectivity index (χ3v) is 6.60. The second kappa shape index (κ2) is 5.92. The summed E-state index contributed by atoms with van der Waals surface area (Å²) in [5, 5.41) is 10.2. The third kappa shape index (κ3) is 2.68. The molecule has 1 aliphatic carbocycles. The molecule has 0 spiro atoms. The second-order valence-electron chi connectivity index (χ2n) is 6.16. The number of aliphatic hydroxyl groups is 1. The Morgan fingerprint density at radius 1 is 1.41 bits per heavy atom. The summed E-state index contributed by atoms with van der Waals surface area (Å²) < 4.78 is 34.6. The molecule has 2 aliphatic rings. The zero-order valence-electron chi connectivity index (χ0n) is 13.0. The molecule has 3 atom stereocenters. The Balaban J connectivity index is 1.92. The van der Waals surface area contributed by atoms with Crippen molar-refractivity contribution in [2.24, 2.45) is 13.0 Å². The Morgan fingerprint density at radius 3 is 2.77 bits per heavy atom. The summed E-state index contributed by atoms with van der Waals surface area (Å²) in [5.41, 5.74) is 0. The SMILES string of the molecule is Cc1nc(S(=O)(=O)N2CCOC[C@@H]2[C@@H]2CCC[C@@H]2O)cn1C. The first-order valence-corrected chi connectivity index (χ1v) is 9.13. The summed E-state index contributed by atoms with van der Waals surface area (Å²) in [6, 6.07) is -0.307. The fraction of sp³-hybridized carbons (Fsp3) is 0.786. The molecule has 7 nitrogen and oxygen atoms in total. The summed E-state index contributed by atoms with van der Waals surface area (Å²) in [6.07, 6.45) is 3.59. The smallest absolute Gasteiger partial charge is 0.262 e. The van der Waals surface area contributed by atoms with E-state index in [1.165, 1.54) is 4.31 Å². The van der Waals surface area contributed by atoms with E-state index in [9.17, 15) is 13.5 Å². The van der Waals surface area contributed by atoms with Crippen molar-refractivity contribution in [3.8, 4) is 0 Å². The molecule has 1 N–H and O–H groups in total. The standard InChI is InChI=1S/C14H23N3O4S/c1-10-15-14(8-16(10)2)22(19,20)17-6-7-21-9-12(17)11-4-3-5-13(11)18/h8,11-13,18H,3-7,9H2,1-2H3/t11-,12+,13-/m0/s1. The molecule has 0 unspecified atom stereocenters. The van der Waals surface area contributed by atoms with Gasteiger partial charge >= 0.3 is 0 Å². The molecule has 0 radical (unpaired) electrons. The van der Waals surface area contributed by atoms with Gasteiger partial charge in [-0.2, -0.15) is 4.31 Å². The summed E-state index contributed by atoms with van der Waals surface area (Å²) >= 11 is 0. The lowest BCUT2D eigenvalue weighted by molar-refractivity contribution is -0.0148. The Bertz CT molecular complexity index is 623. The zero-order valence-corrected chi connectivity index (χ0v) is 13.8. The van der Waals surface area contributed by atoms with E-state index in [0.717, 1.165) is 19.3 Å². The number of sulfonamides is 1. The van der Waals surface area contributed by atoms with Gasteiger partial charge in [0.1, 0.15) is 5.82 Å². The van der Waals surface area contributed by atoms with Crippen LogP contribution >= 0.6 is 0 Å². The van der Waals surface area contributed by atoms with E-state index in [0.29, 0.717) is 25.6 Å². The Morgan fingerprint density at radius 2 is 2.18 bits per heavy atom. The van der Waals surface area contributed by atoms with E-state index in [4.69, 9.17) is 4.74 Å². The fourth-order valence-corrected chi connectivity index (χ4v) is 5.10. The number of imidazole rings is 1. The van der Waals surface area contributed by atoms with Crippen LogP contribution in [0.1, 0.15) is 25.1 Å². The summed E-state index contributed by atoms with van der Waals surface area (Å²) in [7, 11) is -1.89. The summed E-state index contributed by atoms with van der Waals surface area (Å²) in [4.78, 5) is 4.17. The van der Waals surface area contributed by atoms with Crippen LogP contribution in [0.3, 0.4) is 0 Å². The molecule has 124 valence electrons. The van der Waals surface area contributed by atoms with Crippen LogP contribution in [0.15, 0.2) is 11.2 Å². The van der Waals surface area contributed by atoms with Crippen molar-refractivity contribution in [3.63, 3.8) is 0 Å². The van der Waals surface area contributed by atoms with Gasteiger partial charge in [-0.3, -0.25) is 0 Å². The number of rotatable bonds is 3. The van der Waals surface area contributed by atoms with Crippen LogP contribution in [-0.2, 0) is 21.8 Å². The Kier molecular flexibility index (Phi) is 4.28. The topological polar surface area (TPSA) is 84.7 Å². The highest BCUT2D eigenvalue weighted by atomic mass is 32.2. The van der Waals surface area contributed by atoms with Crippen LogP contribution in [0, 0.1) is 12.8 Å². The van der Waals surface area contributed by atoms with Gasteiger partial charge in [0.2, 0.25) is 0 Å². The number of hydrogen-bond acceptors (Lipinski definition) is 5. The normalized spacial score (nSPS) is 30.8. The van der Waals surface area contributed by atoms with Gasteiger partial charge in [-0.15, -0.1) is 0 Å². The molecule has 1 aromatic heterocycles. The first kappa shape index (κ1) is 15.9. The van der Waals surface area contributed by atoms with Crippen LogP contribution in [0.25, 0.3) is 0 Å². The Labute approximate surface area is 131 Å². The van der Waals surface area contributed by atoms with Gasteiger partial charge in [-0.25, -0.2) is 13.4 Å². The highest BCUT2D eigenvalue weighted by molar-refractivity contribution is 7.89. The lowest BCUT2D eigenvalue weighted by Gasteiger charge is -2.38. The number of nitrogens with zero attached hydrogens (tertiary/aromatic N) is 3. The molecule has 0 bridgehead atoms. The molecule has 0 amide bonds. The first-order valence-electron chi connectivity index (χ1n) is 7.69. The molecule has 1 aliphatic heterocycles. The van der Waals surface area contributed by atoms with Gasteiger partial charge in [0.25, 0.3) is 10.0 Å². The molecular formula is C14H23N3O4S. The lowest BCUT2D eigenvalue weighted by atomic mass is 9.96. The predicted octanol–water partition coefficient (Wildman–Crippen LogP) is 0.279. The fourth-order valence-electron chi connectivity index (χ4n) is 3.43. The molecular weight excluding hydrogens is 306 g/mol. The number of morpholine rings is 1. The number of ether oxygens (including phenoxy) is 1. The van der Waals surface area contributed by atoms with Crippen LogP contribution in [0.4, 0.5) is 0 Å². The molecule has 2 heterocycles. The zero-order chi connectivity index (χ0) is 15.9. The lowest BCUT2D eigenvalue weighted by Crippen LogP contribution is -2.53. The van der Waals surface area contributed by atoms with Crippen molar-refractivity contribution < 1.29 is 18.3 Å². The largest absolute Gasteiger partial charge is 0.393 e. The molecule has 1 aromatic rings. The second-order valence-corrected chi connectivity index (χ2v) is 7.99. The highest BCUT2D eigenvalue weighted by Crippen LogP contribution is 2.34. The van der Waals surface area contributed by atoms with Crippen LogP contribution in [0.2, 0.25) is 0 Å². The molecule has 0 aromatic carbocycles. The maximum absolute atomic E-state index is 12.9. The monoisotopic (exact) mass is 329 g/mol. The maximum Gasteiger partial charge on any atom is 0.262 e. The minimum absolute atomic E-state index is 0.0557. The molecule has 22 heavy (non-hydrogen) atoms. The highest BCUT2D eigenvalue weighted by Gasteiger charge is 2.43. The Hall–Kier alpha value is -0.960. The van der Waals surface area contributed by atoms with E-state index in [1.54, 1.807) is 24.7 Å². The van der Waals surface area contributed by atoms with E-state index in [1.807, 2.05) is 0 Å². The average Bonchev–Trinajstić information content (AvgIpc) is 3.06. The quantitative estimate of drug-likeness (QED) is 0.861. The van der Waals surface area contributed by atoms with Gasteiger partial charge in [0.15, 0.2) is 5.03 Å². The van der Waals surface area contributed by atoms with Gasteiger partial charge in [-0.05, 0) is 19.8 Å². The van der Waals surface area contributed by atoms with Crippen molar-refractivity contribution in [1.29, 1.82) is 0 Å². The third-order valence-electron chi connectivity index (χ3n) is 4.80. The molecule has 3 rings (SSSR count). The van der Waals surface area contributed by atoms with E-state index >= 15 is 0 Å². The van der Waals surface area contributed by atoms with Crippen LogP contribution in [-0.4, -0.2) is 59.3 Å². The molecule has 1 saturated heterocycles. The molecule has 2 fully saturated rings. The van der Waals surface area contributed by atoms with E-state index in [-0.39, 0.29) is 17.0 Å². The summed E-state index contributed by atoms with van der Waals surface area (Å²) in [6.45, 7) is 2.81. The van der Waals surface area contributed by atoms with Gasteiger partial charge in [0.05, 0.1) is 25.4 Å². The maximum atomic E-state index is 12.9. The van der Waals surface area contributed by atoms with E-state index < -0.39 is 16.1 Å². The average molecular weight is 329 g/mol. The molecule has 1 saturated carbocycles. The van der Waals surface area contributed by atoms with Crippen molar-refractivity contribution in [2.75, 3.05) is 19.8 Å². The van der Waals surface area contributed by atoms with E-state index in [2.05, 4.69) is 4.98 Å². The van der Waals surface area contributed by atoms with Gasteiger partial charge in [0, 0.05) is 25.7 Å². The van der Waals surface area contributed by atoms with Crippen molar-refractivity contribution in [3.05, 3.63) is 12.0 Å². The minimum Gasteiger partial charge on any atom is -0.393 e.